The molecule has 1 saturated heterocycles. The van der Waals surface area contributed by atoms with E-state index in [0.717, 1.165) is 0 Å². The lowest BCUT2D eigenvalue weighted by atomic mass is 10.1. The fraction of sp³-hybridized carbons (Fsp3) is 0.692. The molecule has 0 saturated carbocycles. The van der Waals surface area contributed by atoms with Gasteiger partial charge in [0.15, 0.2) is 0 Å². The Morgan fingerprint density at radius 2 is 2.10 bits per heavy atom. The molecule has 112 valence electrons. The van der Waals surface area contributed by atoms with Gasteiger partial charge < -0.3 is 4.90 Å². The van der Waals surface area contributed by atoms with Gasteiger partial charge >= 0.3 is 0 Å². The molecule has 0 radical (unpaired) electrons. The van der Waals surface area contributed by atoms with E-state index < -0.39 is 9.84 Å². The smallest absolute Gasteiger partial charge is 0.247 e. The van der Waals surface area contributed by atoms with Crippen LogP contribution in [0.25, 0.3) is 0 Å². The molecule has 0 aromatic carbocycles. The molecule has 1 unspecified atom stereocenters. The number of rotatable bonds is 4. The zero-order chi connectivity index (χ0) is 14.8. The number of nitrogens with zero attached hydrogens (tertiary/aromatic N) is 3. The van der Waals surface area contributed by atoms with Gasteiger partial charge in [-0.3, -0.25) is 9.48 Å². The fourth-order valence-electron chi connectivity index (χ4n) is 2.62. The zero-order valence-electron chi connectivity index (χ0n) is 11.9. The maximum atomic E-state index is 12.5. The van der Waals surface area contributed by atoms with Gasteiger partial charge in [-0.25, -0.2) is 8.42 Å². The van der Waals surface area contributed by atoms with Gasteiger partial charge in [-0.1, -0.05) is 6.92 Å². The van der Waals surface area contributed by atoms with E-state index in [-0.39, 0.29) is 29.5 Å². The SMILES string of the molecule is CCC(C(=O)N(C)C1CCS(=O)(=O)CC1)n1cccn1. The molecule has 7 heteroatoms. The zero-order valence-corrected chi connectivity index (χ0v) is 12.7. The average molecular weight is 299 g/mol. The van der Waals surface area contributed by atoms with Crippen LogP contribution in [0, 0.1) is 0 Å². The molecule has 0 aliphatic carbocycles. The van der Waals surface area contributed by atoms with Crippen LogP contribution in [0.2, 0.25) is 0 Å². The third kappa shape index (κ3) is 3.20. The van der Waals surface area contributed by atoms with E-state index >= 15 is 0 Å². The topological polar surface area (TPSA) is 72.3 Å². The molecule has 0 bridgehead atoms. The van der Waals surface area contributed by atoms with Crippen molar-refractivity contribution >= 4 is 15.7 Å². The Morgan fingerprint density at radius 3 is 2.60 bits per heavy atom. The fourth-order valence-corrected chi connectivity index (χ4v) is 4.09. The van der Waals surface area contributed by atoms with Crippen LogP contribution in [-0.4, -0.2) is 53.6 Å². The van der Waals surface area contributed by atoms with Crippen LogP contribution in [0.5, 0.6) is 0 Å². The van der Waals surface area contributed by atoms with Crippen molar-refractivity contribution in [2.45, 2.75) is 38.3 Å². The Labute approximate surface area is 119 Å². The monoisotopic (exact) mass is 299 g/mol. The van der Waals surface area contributed by atoms with Gasteiger partial charge in [-0.15, -0.1) is 0 Å². The Morgan fingerprint density at radius 1 is 1.45 bits per heavy atom. The van der Waals surface area contributed by atoms with E-state index in [2.05, 4.69) is 5.10 Å². The summed E-state index contributed by atoms with van der Waals surface area (Å²) in [6.45, 7) is 1.95. The summed E-state index contributed by atoms with van der Waals surface area (Å²) in [6, 6.07) is 1.49. The summed E-state index contributed by atoms with van der Waals surface area (Å²) in [5, 5.41) is 4.13. The van der Waals surface area contributed by atoms with Gasteiger partial charge in [0, 0.05) is 25.5 Å². The Kier molecular flexibility index (Phi) is 4.47. The third-order valence-electron chi connectivity index (χ3n) is 3.94. The van der Waals surface area contributed by atoms with E-state index in [4.69, 9.17) is 0 Å². The lowest BCUT2D eigenvalue weighted by Gasteiger charge is -2.33. The van der Waals surface area contributed by atoms with Crippen molar-refractivity contribution in [2.24, 2.45) is 0 Å². The molecule has 1 atom stereocenters. The minimum absolute atomic E-state index is 0.000461. The van der Waals surface area contributed by atoms with Crippen molar-refractivity contribution in [1.82, 2.24) is 14.7 Å². The highest BCUT2D eigenvalue weighted by Crippen LogP contribution is 2.21. The maximum absolute atomic E-state index is 12.5. The van der Waals surface area contributed by atoms with Gasteiger partial charge in [-0.2, -0.15) is 5.10 Å². The van der Waals surface area contributed by atoms with E-state index in [1.807, 2.05) is 6.92 Å². The van der Waals surface area contributed by atoms with E-state index in [0.29, 0.717) is 19.3 Å². The highest BCUT2D eigenvalue weighted by molar-refractivity contribution is 7.91. The maximum Gasteiger partial charge on any atom is 0.247 e. The number of amides is 1. The Hall–Kier alpha value is -1.37. The highest BCUT2D eigenvalue weighted by Gasteiger charge is 2.31. The Balaban J connectivity index is 2.05. The number of sulfone groups is 1. The van der Waals surface area contributed by atoms with Gasteiger partial charge in [0.05, 0.1) is 11.5 Å². The van der Waals surface area contributed by atoms with Crippen LogP contribution in [-0.2, 0) is 14.6 Å². The summed E-state index contributed by atoms with van der Waals surface area (Å²) in [7, 11) is -1.14. The molecule has 1 fully saturated rings. The predicted octanol–water partition coefficient (Wildman–Crippen LogP) is 0.870. The molecule has 2 heterocycles. The first-order valence-electron chi connectivity index (χ1n) is 6.91. The molecule has 6 nitrogen and oxygen atoms in total. The Bertz CT molecular complexity index is 539. The van der Waals surface area contributed by atoms with Crippen LogP contribution in [0.4, 0.5) is 0 Å². The molecular formula is C13H21N3O3S. The van der Waals surface area contributed by atoms with Crippen LogP contribution in [0.1, 0.15) is 32.2 Å². The molecule has 1 aliphatic rings. The van der Waals surface area contributed by atoms with Crippen molar-refractivity contribution in [2.75, 3.05) is 18.6 Å². The summed E-state index contributed by atoms with van der Waals surface area (Å²) in [5.74, 6) is 0.349. The predicted molar refractivity (Wildman–Crippen MR) is 76.0 cm³/mol. The van der Waals surface area contributed by atoms with Crippen LogP contribution < -0.4 is 0 Å². The van der Waals surface area contributed by atoms with Crippen molar-refractivity contribution < 1.29 is 13.2 Å². The number of carbonyl (C=O) groups excluding carboxylic acids is 1. The van der Waals surface area contributed by atoms with Crippen LogP contribution in [0.15, 0.2) is 18.5 Å². The van der Waals surface area contributed by atoms with E-state index in [9.17, 15) is 13.2 Å². The van der Waals surface area contributed by atoms with Gasteiger partial charge in [0.25, 0.3) is 0 Å². The van der Waals surface area contributed by atoms with E-state index in [1.54, 1.807) is 35.1 Å². The van der Waals surface area contributed by atoms with Crippen LogP contribution >= 0.6 is 0 Å². The van der Waals surface area contributed by atoms with Crippen LogP contribution in [0.3, 0.4) is 0 Å². The number of aromatic nitrogens is 2. The highest BCUT2D eigenvalue weighted by atomic mass is 32.2. The molecule has 1 aromatic rings. The molecule has 1 amide bonds. The summed E-state index contributed by atoms with van der Waals surface area (Å²) >= 11 is 0. The number of hydrogen-bond donors (Lipinski definition) is 0. The van der Waals surface area contributed by atoms with Gasteiger partial charge in [-0.05, 0) is 25.3 Å². The summed E-state index contributed by atoms with van der Waals surface area (Å²) in [5.41, 5.74) is 0. The molecule has 1 aliphatic heterocycles. The number of likely N-dealkylation sites (N-methyl/N-ethyl adjacent to an activating group) is 1. The number of carbonyl (C=O) groups is 1. The molecule has 2 rings (SSSR count). The largest absolute Gasteiger partial charge is 0.341 e. The molecule has 0 N–H and O–H groups in total. The molecular weight excluding hydrogens is 278 g/mol. The molecule has 20 heavy (non-hydrogen) atoms. The number of hydrogen-bond acceptors (Lipinski definition) is 4. The van der Waals surface area contributed by atoms with E-state index in [1.165, 1.54) is 0 Å². The second kappa shape index (κ2) is 5.95. The minimum Gasteiger partial charge on any atom is -0.341 e. The minimum atomic E-state index is -2.90. The first-order valence-corrected chi connectivity index (χ1v) is 8.73. The normalized spacial score (nSPS) is 20.5. The van der Waals surface area contributed by atoms with Crippen molar-refractivity contribution in [3.05, 3.63) is 18.5 Å². The average Bonchev–Trinajstić information content (AvgIpc) is 2.92. The lowest BCUT2D eigenvalue weighted by Crippen LogP contribution is -2.45. The molecule has 0 spiro atoms. The van der Waals surface area contributed by atoms with Crippen molar-refractivity contribution in [3.8, 4) is 0 Å². The lowest BCUT2D eigenvalue weighted by molar-refractivity contribution is -0.136. The van der Waals surface area contributed by atoms with Gasteiger partial charge in [0.1, 0.15) is 15.9 Å². The second-order valence-corrected chi connectivity index (χ2v) is 7.55. The third-order valence-corrected chi connectivity index (χ3v) is 5.65. The van der Waals surface area contributed by atoms with Gasteiger partial charge in [0.2, 0.25) is 5.91 Å². The summed E-state index contributed by atoms with van der Waals surface area (Å²) in [6.07, 6.45) is 5.16. The van der Waals surface area contributed by atoms with Crippen molar-refractivity contribution in [1.29, 1.82) is 0 Å². The first kappa shape index (κ1) is 15.0. The molecule has 1 aromatic heterocycles. The quantitative estimate of drug-likeness (QED) is 0.827. The summed E-state index contributed by atoms with van der Waals surface area (Å²) in [4.78, 5) is 14.2. The van der Waals surface area contributed by atoms with Crippen molar-refractivity contribution in [3.63, 3.8) is 0 Å². The second-order valence-electron chi connectivity index (χ2n) is 5.24. The summed E-state index contributed by atoms with van der Waals surface area (Å²) < 4.78 is 24.6. The standard InChI is InChI=1S/C13H21N3O3S/c1-3-12(16-8-4-7-14-16)13(17)15(2)11-5-9-20(18,19)10-6-11/h4,7-8,11-12H,3,5-6,9-10H2,1-2H3. The first-order chi connectivity index (χ1) is 9.44.